The molecule has 0 aliphatic carbocycles. The van der Waals surface area contributed by atoms with Crippen LogP contribution in [0.3, 0.4) is 0 Å². The lowest BCUT2D eigenvalue weighted by Gasteiger charge is -2.44. The van der Waals surface area contributed by atoms with Crippen LogP contribution in [0, 0.1) is 0 Å². The first-order chi connectivity index (χ1) is 14.5. The number of aliphatic imine (C=N–C) groups is 1. The number of phenols is 1. The number of piperidine rings is 1. The highest BCUT2D eigenvalue weighted by Crippen LogP contribution is 2.40. The first kappa shape index (κ1) is 20.7. The van der Waals surface area contributed by atoms with Gasteiger partial charge in [0.2, 0.25) is 0 Å². The highest BCUT2D eigenvalue weighted by atomic mass is 16.5. The molecule has 1 atom stereocenters. The summed E-state index contributed by atoms with van der Waals surface area (Å²) in [7, 11) is 3.73. The van der Waals surface area contributed by atoms with Gasteiger partial charge in [-0.15, -0.1) is 0 Å². The van der Waals surface area contributed by atoms with E-state index in [1.54, 1.807) is 13.2 Å². The van der Waals surface area contributed by atoms with E-state index in [0.717, 1.165) is 48.5 Å². The van der Waals surface area contributed by atoms with E-state index in [2.05, 4.69) is 29.4 Å². The van der Waals surface area contributed by atoms with Crippen molar-refractivity contribution in [2.75, 3.05) is 33.9 Å². The van der Waals surface area contributed by atoms with E-state index in [9.17, 15) is 5.11 Å². The van der Waals surface area contributed by atoms with Gasteiger partial charge in [0, 0.05) is 36.8 Å². The van der Waals surface area contributed by atoms with Crippen molar-refractivity contribution < 1.29 is 14.6 Å². The molecule has 2 aliphatic rings. The Balaban J connectivity index is 1.70. The molecule has 2 heterocycles. The van der Waals surface area contributed by atoms with Crippen molar-refractivity contribution in [3.05, 3.63) is 53.6 Å². The molecule has 2 N–H and O–H groups in total. The summed E-state index contributed by atoms with van der Waals surface area (Å²) in [6, 6.07) is 13.8. The molecule has 1 saturated heterocycles. The average molecular weight is 410 g/mol. The molecule has 0 aromatic heterocycles. The number of nitrogens with zero attached hydrogens (tertiary/aromatic N) is 2. The average Bonchev–Trinajstić information content (AvgIpc) is 2.77. The van der Waals surface area contributed by atoms with Gasteiger partial charge in [0.05, 0.1) is 13.7 Å². The summed E-state index contributed by atoms with van der Waals surface area (Å²) in [5.41, 5.74) is 2.70. The van der Waals surface area contributed by atoms with E-state index in [4.69, 9.17) is 14.5 Å². The number of ether oxygens (including phenoxy) is 2. The zero-order chi connectivity index (χ0) is 21.1. The first-order valence-corrected chi connectivity index (χ1v) is 10.7. The molecule has 4 rings (SSSR count). The van der Waals surface area contributed by atoms with Crippen molar-refractivity contribution >= 4 is 5.71 Å². The second-order valence-corrected chi connectivity index (χ2v) is 8.15. The largest absolute Gasteiger partial charge is 0.504 e. The minimum Gasteiger partial charge on any atom is -0.504 e. The predicted octanol–water partition coefficient (Wildman–Crippen LogP) is 3.75. The van der Waals surface area contributed by atoms with E-state index in [1.165, 1.54) is 0 Å². The summed E-state index contributed by atoms with van der Waals surface area (Å²) in [6.45, 7) is 4.62. The molecule has 1 unspecified atom stereocenters. The fourth-order valence-corrected chi connectivity index (χ4v) is 4.42. The second kappa shape index (κ2) is 8.66. The third kappa shape index (κ3) is 4.16. The van der Waals surface area contributed by atoms with Crippen LogP contribution in [0.25, 0.3) is 0 Å². The van der Waals surface area contributed by atoms with Crippen LogP contribution >= 0.6 is 0 Å². The number of hydrogen-bond donors (Lipinski definition) is 2. The summed E-state index contributed by atoms with van der Waals surface area (Å²) < 4.78 is 10.9. The van der Waals surface area contributed by atoms with Crippen LogP contribution in [0.1, 0.15) is 43.4 Å². The first-order valence-electron chi connectivity index (χ1n) is 10.7. The Labute approximate surface area is 178 Å². The van der Waals surface area contributed by atoms with Gasteiger partial charge in [0.1, 0.15) is 11.4 Å². The predicted molar refractivity (Wildman–Crippen MR) is 119 cm³/mol. The molecule has 30 heavy (non-hydrogen) atoms. The van der Waals surface area contributed by atoms with Crippen molar-refractivity contribution in [1.82, 2.24) is 10.2 Å². The van der Waals surface area contributed by atoms with E-state index >= 15 is 0 Å². The highest BCUT2D eigenvalue weighted by molar-refractivity contribution is 6.02. The maximum absolute atomic E-state index is 10.8. The van der Waals surface area contributed by atoms with E-state index < -0.39 is 0 Å². The summed E-state index contributed by atoms with van der Waals surface area (Å²) >= 11 is 0. The lowest BCUT2D eigenvalue weighted by atomic mass is 9.87. The summed E-state index contributed by atoms with van der Waals surface area (Å²) in [5.74, 6) is 1.57. The summed E-state index contributed by atoms with van der Waals surface area (Å²) in [4.78, 5) is 7.57. The Bertz CT molecular complexity index is 902. The van der Waals surface area contributed by atoms with Crippen LogP contribution in [0.2, 0.25) is 0 Å². The zero-order valence-corrected chi connectivity index (χ0v) is 18.0. The maximum Gasteiger partial charge on any atom is 0.162 e. The number of benzene rings is 2. The van der Waals surface area contributed by atoms with Crippen LogP contribution in [-0.4, -0.2) is 55.2 Å². The van der Waals surface area contributed by atoms with Crippen molar-refractivity contribution in [3.63, 3.8) is 0 Å². The van der Waals surface area contributed by atoms with E-state index in [0.29, 0.717) is 18.8 Å². The smallest absolute Gasteiger partial charge is 0.162 e. The number of methoxy groups -OCH3 is 1. The summed E-state index contributed by atoms with van der Waals surface area (Å²) in [6.07, 6.45) is 2.57. The van der Waals surface area contributed by atoms with Crippen molar-refractivity contribution in [2.45, 2.75) is 37.9 Å². The second-order valence-electron chi connectivity index (χ2n) is 8.15. The number of phenolic OH excluding ortho intramolecular Hbond substituents is 1. The minimum absolute atomic E-state index is 0.0393. The molecular weight excluding hydrogens is 378 g/mol. The minimum atomic E-state index is -0.321. The highest BCUT2D eigenvalue weighted by Gasteiger charge is 2.40. The fourth-order valence-electron chi connectivity index (χ4n) is 4.42. The molecule has 0 radical (unpaired) electrons. The molecular formula is C24H31N3O3. The van der Waals surface area contributed by atoms with Crippen LogP contribution in [0.4, 0.5) is 0 Å². The van der Waals surface area contributed by atoms with Gasteiger partial charge in [-0.3, -0.25) is 10.3 Å². The molecule has 6 heteroatoms. The van der Waals surface area contributed by atoms with Gasteiger partial charge in [0.15, 0.2) is 11.5 Å². The lowest BCUT2D eigenvalue weighted by Crippen LogP contribution is -2.55. The van der Waals surface area contributed by atoms with Crippen LogP contribution in [-0.2, 0) is 0 Å². The van der Waals surface area contributed by atoms with E-state index in [-0.39, 0.29) is 17.5 Å². The number of aromatic hydroxyl groups is 1. The molecule has 160 valence electrons. The molecule has 2 aromatic carbocycles. The Hall–Kier alpha value is -2.57. The third-order valence-corrected chi connectivity index (χ3v) is 6.13. The molecule has 2 aliphatic heterocycles. The van der Waals surface area contributed by atoms with Gasteiger partial charge < -0.3 is 19.5 Å². The Morgan fingerprint density at radius 2 is 1.90 bits per heavy atom. The molecule has 0 saturated carbocycles. The number of para-hydroxylation sites is 1. The normalized spacial score (nSPS) is 21.3. The maximum atomic E-state index is 10.8. The standard InChI is InChI=1S/C24H31N3O3/c1-4-30-18-10-8-17(9-11-18)20-16-21(19-6-5-7-22(29-3)23(19)28)26-24(25-20)12-14-27(2)15-13-24/h5-11,21,26,28H,4,12-16H2,1-3H3. The lowest BCUT2D eigenvalue weighted by molar-refractivity contribution is 0.144. The quantitative estimate of drug-likeness (QED) is 0.787. The van der Waals surface area contributed by atoms with E-state index in [1.807, 2.05) is 31.2 Å². The molecule has 0 amide bonds. The number of rotatable bonds is 5. The molecule has 1 spiro atoms. The van der Waals surface area contributed by atoms with Gasteiger partial charge in [-0.25, -0.2) is 0 Å². The van der Waals surface area contributed by atoms with Crippen LogP contribution in [0.5, 0.6) is 17.2 Å². The summed E-state index contributed by atoms with van der Waals surface area (Å²) in [5, 5.41) is 14.6. The van der Waals surface area contributed by atoms with Crippen LogP contribution in [0.15, 0.2) is 47.5 Å². The number of hydrogen-bond acceptors (Lipinski definition) is 6. The zero-order valence-electron chi connectivity index (χ0n) is 18.0. The molecule has 1 fully saturated rings. The number of likely N-dealkylation sites (tertiary alicyclic amines) is 1. The SMILES string of the molecule is CCOc1ccc(C2=NC3(CCN(C)CC3)NC(c3cccc(OC)c3O)C2)cc1. The van der Waals surface area contributed by atoms with Gasteiger partial charge in [-0.05, 0) is 62.7 Å². The Morgan fingerprint density at radius 3 is 2.57 bits per heavy atom. The topological polar surface area (TPSA) is 66.3 Å². The van der Waals surface area contributed by atoms with Gasteiger partial charge >= 0.3 is 0 Å². The van der Waals surface area contributed by atoms with Gasteiger partial charge in [-0.1, -0.05) is 12.1 Å². The van der Waals surface area contributed by atoms with Crippen molar-refractivity contribution in [1.29, 1.82) is 0 Å². The fraction of sp³-hybridized carbons (Fsp3) is 0.458. The Morgan fingerprint density at radius 1 is 1.17 bits per heavy atom. The van der Waals surface area contributed by atoms with Crippen molar-refractivity contribution in [3.8, 4) is 17.2 Å². The molecule has 2 aromatic rings. The Kier molecular flexibility index (Phi) is 5.97. The molecule has 6 nitrogen and oxygen atoms in total. The number of nitrogens with one attached hydrogen (secondary N) is 1. The third-order valence-electron chi connectivity index (χ3n) is 6.13. The van der Waals surface area contributed by atoms with Crippen LogP contribution < -0.4 is 14.8 Å². The van der Waals surface area contributed by atoms with Crippen molar-refractivity contribution in [2.24, 2.45) is 4.99 Å². The molecule has 0 bridgehead atoms. The van der Waals surface area contributed by atoms with Gasteiger partial charge in [-0.2, -0.15) is 0 Å². The monoisotopic (exact) mass is 409 g/mol. The van der Waals surface area contributed by atoms with Gasteiger partial charge in [0.25, 0.3) is 0 Å².